The van der Waals surface area contributed by atoms with Gasteiger partial charge < -0.3 is 24.4 Å². The van der Waals surface area contributed by atoms with E-state index in [1.54, 1.807) is 43.7 Å². The third-order valence-corrected chi connectivity index (χ3v) is 7.88. The van der Waals surface area contributed by atoms with Gasteiger partial charge in [0.05, 0.1) is 23.5 Å². The predicted octanol–water partition coefficient (Wildman–Crippen LogP) is 7.54. The fourth-order valence-electron chi connectivity index (χ4n) is 4.85. The number of carbonyl (C=O) groups excluding carboxylic acids is 2. The zero-order valence-corrected chi connectivity index (χ0v) is 25.5. The molecule has 0 saturated carbocycles. The number of amides is 2. The molecule has 0 aliphatic rings. The van der Waals surface area contributed by atoms with Crippen molar-refractivity contribution < 1.29 is 18.7 Å². The van der Waals surface area contributed by atoms with E-state index in [9.17, 15) is 9.59 Å². The van der Waals surface area contributed by atoms with Crippen molar-refractivity contribution in [3.8, 4) is 11.4 Å². The molecule has 2 aromatic heterocycles. The number of hydrogen-bond acceptors (Lipinski definition) is 4. The number of carbonyl (C=O) groups is 2. The van der Waals surface area contributed by atoms with Crippen LogP contribution in [0.2, 0.25) is 10.0 Å². The molecule has 0 fully saturated rings. The number of hydrogen-bond donors (Lipinski definition) is 2. The molecule has 9 heteroatoms. The zero-order valence-electron chi connectivity index (χ0n) is 24.0. The van der Waals surface area contributed by atoms with Crippen LogP contribution < -0.4 is 15.4 Å². The van der Waals surface area contributed by atoms with E-state index in [4.69, 9.17) is 32.4 Å². The van der Waals surface area contributed by atoms with Crippen molar-refractivity contribution in [1.29, 1.82) is 0 Å². The molecule has 2 amide bonds. The van der Waals surface area contributed by atoms with Crippen molar-refractivity contribution in [3.63, 3.8) is 0 Å². The van der Waals surface area contributed by atoms with Gasteiger partial charge in [-0.15, -0.1) is 0 Å². The van der Waals surface area contributed by atoms with Crippen LogP contribution in [0.1, 0.15) is 39.7 Å². The largest absolute Gasteiger partial charge is 0.486 e. The van der Waals surface area contributed by atoms with Crippen LogP contribution in [-0.2, 0) is 17.8 Å². The van der Waals surface area contributed by atoms with Crippen LogP contribution in [0.3, 0.4) is 0 Å². The van der Waals surface area contributed by atoms with Gasteiger partial charge in [-0.25, -0.2) is 0 Å². The lowest BCUT2D eigenvalue weighted by Gasteiger charge is -2.19. The Labute approximate surface area is 260 Å². The van der Waals surface area contributed by atoms with Crippen LogP contribution in [-0.4, -0.2) is 29.5 Å². The van der Waals surface area contributed by atoms with E-state index in [0.29, 0.717) is 33.4 Å². The Balaban J connectivity index is 1.26. The SMILES string of the molecule is CNC(=O)c1ccc(C=CC(=O)NCc2cccn2-c2ccc(Cl)c(CC(C)Oc3cccc4c(C)coc34)c2Cl)cc1. The minimum absolute atomic E-state index is 0.162. The standard InChI is InChI=1S/C34H31Cl2N3O4/c1-21-20-42-33-26(21)7-4-8-30(33)43-22(2)18-27-28(35)14-15-29(32(27)36)39-17-5-6-25(39)19-38-31(40)16-11-23-9-12-24(13-10-23)34(41)37-3/h4-17,20,22H,18-19H2,1-3H3,(H,37,41)(H,38,40). The van der Waals surface area contributed by atoms with Gasteiger partial charge in [-0.1, -0.05) is 47.5 Å². The number of aromatic nitrogens is 1. The fourth-order valence-corrected chi connectivity index (χ4v) is 5.47. The molecule has 7 nitrogen and oxygen atoms in total. The highest BCUT2D eigenvalue weighted by Crippen LogP contribution is 2.34. The summed E-state index contributed by atoms with van der Waals surface area (Å²) in [6.45, 7) is 4.25. The molecule has 2 heterocycles. The molecular formula is C34H31Cl2N3O4. The Morgan fingerprint density at radius 2 is 1.84 bits per heavy atom. The average Bonchev–Trinajstić information content (AvgIpc) is 3.64. The van der Waals surface area contributed by atoms with Crippen molar-refractivity contribution in [1.82, 2.24) is 15.2 Å². The second-order valence-corrected chi connectivity index (χ2v) is 11.0. The smallest absolute Gasteiger partial charge is 0.251 e. The van der Waals surface area contributed by atoms with E-state index < -0.39 is 0 Å². The van der Waals surface area contributed by atoms with Crippen molar-refractivity contribution in [2.45, 2.75) is 32.9 Å². The number of fused-ring (bicyclic) bond motifs is 1. The van der Waals surface area contributed by atoms with E-state index >= 15 is 0 Å². The van der Waals surface area contributed by atoms with Crippen molar-refractivity contribution >= 4 is 52.1 Å². The fraction of sp³-hybridized carbons (Fsp3) is 0.176. The van der Waals surface area contributed by atoms with Gasteiger partial charge in [-0.2, -0.15) is 0 Å². The minimum Gasteiger partial charge on any atom is -0.486 e. The van der Waals surface area contributed by atoms with Crippen LogP contribution in [0, 0.1) is 6.92 Å². The van der Waals surface area contributed by atoms with Gasteiger partial charge in [0.2, 0.25) is 5.91 Å². The van der Waals surface area contributed by atoms with Gasteiger partial charge in [0.1, 0.15) is 6.10 Å². The number of ether oxygens (including phenoxy) is 1. The van der Waals surface area contributed by atoms with Gasteiger partial charge in [0.15, 0.2) is 11.3 Å². The van der Waals surface area contributed by atoms with Gasteiger partial charge in [0.25, 0.3) is 5.91 Å². The molecule has 0 saturated heterocycles. The van der Waals surface area contributed by atoms with Crippen LogP contribution >= 0.6 is 23.2 Å². The Hall–Kier alpha value is -4.46. The zero-order chi connectivity index (χ0) is 30.5. The number of para-hydroxylation sites is 1. The van der Waals surface area contributed by atoms with Crippen molar-refractivity contribution in [2.75, 3.05) is 7.05 Å². The molecule has 1 atom stereocenters. The summed E-state index contributed by atoms with van der Waals surface area (Å²) in [5, 5.41) is 7.58. The Morgan fingerprint density at radius 1 is 1.05 bits per heavy atom. The van der Waals surface area contributed by atoms with Gasteiger partial charge in [0, 0.05) is 47.4 Å². The van der Waals surface area contributed by atoms with Gasteiger partial charge >= 0.3 is 0 Å². The Morgan fingerprint density at radius 3 is 2.60 bits per heavy atom. The van der Waals surface area contributed by atoms with Crippen LogP contribution in [0.5, 0.6) is 5.75 Å². The highest BCUT2D eigenvalue weighted by atomic mass is 35.5. The molecule has 0 spiro atoms. The first-order valence-electron chi connectivity index (χ1n) is 13.8. The Kier molecular flexibility index (Phi) is 9.24. The normalized spacial score (nSPS) is 12.0. The second kappa shape index (κ2) is 13.2. The van der Waals surface area contributed by atoms with Crippen LogP contribution in [0.25, 0.3) is 22.7 Å². The average molecular weight is 617 g/mol. The first-order chi connectivity index (χ1) is 20.7. The maximum Gasteiger partial charge on any atom is 0.251 e. The number of rotatable bonds is 10. The summed E-state index contributed by atoms with van der Waals surface area (Å²) in [5.74, 6) is 0.253. The topological polar surface area (TPSA) is 85.5 Å². The molecule has 43 heavy (non-hydrogen) atoms. The predicted molar refractivity (Wildman–Crippen MR) is 171 cm³/mol. The third kappa shape index (κ3) is 6.79. The monoisotopic (exact) mass is 615 g/mol. The maximum absolute atomic E-state index is 12.6. The summed E-state index contributed by atoms with van der Waals surface area (Å²) in [6.07, 6.45) is 7.01. The summed E-state index contributed by atoms with van der Waals surface area (Å²) >= 11 is 13.6. The van der Waals surface area contributed by atoms with E-state index in [1.807, 2.05) is 67.1 Å². The molecule has 3 aromatic carbocycles. The molecule has 0 radical (unpaired) electrons. The number of furan rings is 1. The lowest BCUT2D eigenvalue weighted by atomic mass is 10.1. The molecule has 0 bridgehead atoms. The summed E-state index contributed by atoms with van der Waals surface area (Å²) in [4.78, 5) is 24.3. The first kappa shape index (κ1) is 30.0. The van der Waals surface area contributed by atoms with E-state index in [2.05, 4.69) is 10.6 Å². The summed E-state index contributed by atoms with van der Waals surface area (Å²) in [6, 6.07) is 20.3. The molecule has 1 unspecified atom stereocenters. The summed E-state index contributed by atoms with van der Waals surface area (Å²) in [7, 11) is 1.58. The van der Waals surface area contributed by atoms with Crippen LogP contribution in [0.4, 0.5) is 0 Å². The quantitative estimate of drug-likeness (QED) is 0.159. The molecule has 0 aliphatic carbocycles. The molecular weight excluding hydrogens is 585 g/mol. The van der Waals surface area contributed by atoms with Crippen molar-refractivity contribution in [3.05, 3.63) is 123 Å². The first-order valence-corrected chi connectivity index (χ1v) is 14.6. The minimum atomic E-state index is -0.251. The number of halogens is 2. The molecule has 2 N–H and O–H groups in total. The van der Waals surface area contributed by atoms with E-state index in [-0.39, 0.29) is 24.5 Å². The lowest BCUT2D eigenvalue weighted by molar-refractivity contribution is -0.116. The second-order valence-electron chi connectivity index (χ2n) is 10.2. The molecule has 5 aromatic rings. The highest BCUT2D eigenvalue weighted by molar-refractivity contribution is 6.37. The number of nitrogens with zero attached hydrogens (tertiary/aromatic N) is 1. The summed E-state index contributed by atoms with van der Waals surface area (Å²) < 4.78 is 13.9. The summed E-state index contributed by atoms with van der Waals surface area (Å²) in [5.41, 5.74) is 5.48. The third-order valence-electron chi connectivity index (χ3n) is 7.11. The number of benzene rings is 3. The van der Waals surface area contributed by atoms with E-state index in [1.165, 1.54) is 6.08 Å². The van der Waals surface area contributed by atoms with Crippen LogP contribution in [0.15, 0.2) is 89.7 Å². The van der Waals surface area contributed by atoms with Crippen molar-refractivity contribution in [2.24, 2.45) is 0 Å². The van der Waals surface area contributed by atoms with Gasteiger partial charge in [-0.05, 0) is 79.1 Å². The molecule has 0 aliphatic heterocycles. The maximum atomic E-state index is 12.6. The molecule has 220 valence electrons. The lowest BCUT2D eigenvalue weighted by Crippen LogP contribution is -2.22. The number of nitrogens with one attached hydrogen (secondary N) is 2. The Bertz CT molecular complexity index is 1800. The molecule has 5 rings (SSSR count). The van der Waals surface area contributed by atoms with Gasteiger partial charge in [-0.3, -0.25) is 9.59 Å². The number of aryl methyl sites for hydroxylation is 1. The van der Waals surface area contributed by atoms with E-state index in [0.717, 1.165) is 33.5 Å². The highest BCUT2D eigenvalue weighted by Gasteiger charge is 2.19.